The van der Waals surface area contributed by atoms with Gasteiger partial charge in [-0.2, -0.15) is 0 Å². The highest BCUT2D eigenvalue weighted by Gasteiger charge is 2.30. The summed E-state index contributed by atoms with van der Waals surface area (Å²) in [5, 5.41) is 20.1. The zero-order valence-electron chi connectivity index (χ0n) is 15.2. The molecule has 142 valence electrons. The molecule has 0 aromatic heterocycles. The van der Waals surface area contributed by atoms with Crippen LogP contribution in [0, 0.1) is 34.9 Å². The Morgan fingerprint density at radius 1 is 1.03 bits per heavy atom. The molecule has 0 fully saturated rings. The SMILES string of the molecule is [C-]#[N+]/C(C#N)=C1/C=C(c2ccc(C)cc2)S(=O)(=O)C(c2ccc([N+](=O)[O-])cc2)=C1. The summed E-state index contributed by atoms with van der Waals surface area (Å²) < 4.78 is 26.6. The van der Waals surface area contributed by atoms with E-state index in [0.29, 0.717) is 5.56 Å². The van der Waals surface area contributed by atoms with Crippen molar-refractivity contribution in [3.8, 4) is 6.07 Å². The zero-order chi connectivity index (χ0) is 21.2. The van der Waals surface area contributed by atoms with Crippen LogP contribution in [0.2, 0.25) is 0 Å². The highest BCUT2D eigenvalue weighted by Crippen LogP contribution is 2.39. The molecule has 0 bridgehead atoms. The second kappa shape index (κ2) is 7.55. The average molecular weight is 403 g/mol. The highest BCUT2D eigenvalue weighted by molar-refractivity contribution is 8.09. The predicted molar refractivity (Wildman–Crippen MR) is 108 cm³/mol. The summed E-state index contributed by atoms with van der Waals surface area (Å²) in [4.78, 5) is 13.3. The molecule has 2 aromatic carbocycles. The maximum absolute atomic E-state index is 13.3. The summed E-state index contributed by atoms with van der Waals surface area (Å²) in [5.41, 5.74) is 1.34. The van der Waals surface area contributed by atoms with Crippen LogP contribution < -0.4 is 0 Å². The zero-order valence-corrected chi connectivity index (χ0v) is 16.0. The largest absolute Gasteiger partial charge is 0.269 e. The Kier molecular flexibility index (Phi) is 5.14. The third-order valence-corrected chi connectivity index (χ3v) is 6.21. The number of allylic oxidation sites excluding steroid dienone is 4. The van der Waals surface area contributed by atoms with Crippen LogP contribution in [0.3, 0.4) is 0 Å². The lowest BCUT2D eigenvalue weighted by atomic mass is 10.1. The van der Waals surface area contributed by atoms with Crippen molar-refractivity contribution >= 4 is 25.3 Å². The Balaban J connectivity index is 2.26. The number of nitro benzene ring substituents is 1. The number of nitro groups is 1. The van der Waals surface area contributed by atoms with Crippen molar-refractivity contribution in [2.24, 2.45) is 0 Å². The van der Waals surface area contributed by atoms with Gasteiger partial charge in [-0.3, -0.25) is 10.1 Å². The first-order valence-electron chi connectivity index (χ1n) is 8.30. The molecule has 7 nitrogen and oxygen atoms in total. The Labute approximate surface area is 167 Å². The summed E-state index contributed by atoms with van der Waals surface area (Å²) in [6, 6.07) is 13.7. The van der Waals surface area contributed by atoms with E-state index in [1.54, 1.807) is 30.3 Å². The normalized spacial score (nSPS) is 16.7. The van der Waals surface area contributed by atoms with Crippen molar-refractivity contribution in [1.82, 2.24) is 0 Å². The van der Waals surface area contributed by atoms with Gasteiger partial charge in [0.25, 0.3) is 11.4 Å². The van der Waals surface area contributed by atoms with E-state index >= 15 is 0 Å². The molecule has 0 radical (unpaired) electrons. The van der Waals surface area contributed by atoms with Crippen LogP contribution in [0.5, 0.6) is 0 Å². The second-order valence-electron chi connectivity index (χ2n) is 6.22. The second-order valence-corrected chi connectivity index (χ2v) is 8.10. The van der Waals surface area contributed by atoms with Gasteiger partial charge >= 0.3 is 0 Å². The number of nitriles is 1. The molecule has 3 rings (SSSR count). The molecule has 8 heteroatoms. The minimum absolute atomic E-state index is 0.0419. The number of rotatable bonds is 3. The first-order chi connectivity index (χ1) is 13.8. The fourth-order valence-corrected chi connectivity index (χ4v) is 4.52. The van der Waals surface area contributed by atoms with Gasteiger partial charge in [-0.05, 0) is 47.9 Å². The van der Waals surface area contributed by atoms with Gasteiger partial charge in [0.1, 0.15) is 0 Å². The van der Waals surface area contributed by atoms with Gasteiger partial charge in [0.15, 0.2) is 0 Å². The monoisotopic (exact) mass is 403 g/mol. The van der Waals surface area contributed by atoms with Crippen molar-refractivity contribution in [1.29, 1.82) is 5.26 Å². The average Bonchev–Trinajstić information content (AvgIpc) is 2.70. The Bertz CT molecular complexity index is 1270. The fraction of sp³-hybridized carbons (Fsp3) is 0.0476. The first-order valence-corrected chi connectivity index (χ1v) is 9.78. The van der Waals surface area contributed by atoms with Gasteiger partial charge < -0.3 is 0 Å². The van der Waals surface area contributed by atoms with Gasteiger partial charge in [0.2, 0.25) is 9.84 Å². The third kappa shape index (κ3) is 3.70. The lowest BCUT2D eigenvalue weighted by molar-refractivity contribution is -0.384. The minimum atomic E-state index is -3.99. The van der Waals surface area contributed by atoms with Crippen LogP contribution in [0.15, 0.2) is 72.0 Å². The quantitative estimate of drug-likeness (QED) is 0.327. The molecule has 0 atom stereocenters. The summed E-state index contributed by atoms with van der Waals surface area (Å²) in [7, 11) is -3.99. The molecule has 0 aliphatic carbocycles. The molecule has 29 heavy (non-hydrogen) atoms. The predicted octanol–water partition coefficient (Wildman–Crippen LogP) is 4.41. The maximum atomic E-state index is 13.3. The van der Waals surface area contributed by atoms with Gasteiger partial charge in [-0.15, -0.1) is 0 Å². The van der Waals surface area contributed by atoms with E-state index in [1.807, 2.05) is 6.92 Å². The number of aryl methyl sites for hydroxylation is 1. The van der Waals surface area contributed by atoms with Crippen molar-refractivity contribution in [3.63, 3.8) is 0 Å². The van der Waals surface area contributed by atoms with Crippen LogP contribution in [0.1, 0.15) is 16.7 Å². The Morgan fingerprint density at radius 3 is 1.93 bits per heavy atom. The first kappa shape index (κ1) is 19.7. The third-order valence-electron chi connectivity index (χ3n) is 4.34. The molecule has 0 N–H and O–H groups in total. The van der Waals surface area contributed by atoms with Crippen molar-refractivity contribution in [3.05, 3.63) is 110 Å². The molecule has 1 aliphatic rings. The van der Waals surface area contributed by atoms with Gasteiger partial charge in [-0.25, -0.2) is 18.5 Å². The van der Waals surface area contributed by atoms with Crippen molar-refractivity contribution in [2.75, 3.05) is 0 Å². The topological polar surface area (TPSA) is 105 Å². The van der Waals surface area contributed by atoms with E-state index < -0.39 is 14.8 Å². The number of nitrogens with zero attached hydrogens (tertiary/aromatic N) is 3. The smallest absolute Gasteiger partial charge is 0.258 e. The number of hydrogen-bond acceptors (Lipinski definition) is 5. The number of sulfone groups is 1. The molecule has 0 spiro atoms. The van der Waals surface area contributed by atoms with E-state index in [4.69, 9.17) is 6.57 Å². The number of non-ortho nitro benzene ring substituents is 1. The van der Waals surface area contributed by atoms with E-state index in [0.717, 1.165) is 5.56 Å². The minimum Gasteiger partial charge on any atom is -0.258 e. The summed E-state index contributed by atoms with van der Waals surface area (Å²) >= 11 is 0. The summed E-state index contributed by atoms with van der Waals surface area (Å²) in [6.45, 7) is 9.07. The number of hydrogen-bond donors (Lipinski definition) is 0. The molecule has 1 aliphatic heterocycles. The highest BCUT2D eigenvalue weighted by atomic mass is 32.2. The van der Waals surface area contributed by atoms with E-state index in [9.17, 15) is 23.8 Å². The lowest BCUT2D eigenvalue weighted by Crippen LogP contribution is -2.11. The van der Waals surface area contributed by atoms with Gasteiger partial charge in [-0.1, -0.05) is 29.8 Å². The molecular weight excluding hydrogens is 390 g/mol. The number of benzene rings is 2. The molecule has 2 aromatic rings. The fourth-order valence-electron chi connectivity index (χ4n) is 2.83. The maximum Gasteiger partial charge on any atom is 0.269 e. The van der Waals surface area contributed by atoms with E-state index in [-0.39, 0.29) is 32.3 Å². The molecule has 0 saturated heterocycles. The molecule has 0 saturated carbocycles. The standard InChI is InChI=1S/C21H13N3O4S/c1-14-3-5-15(6-4-14)20-11-17(19(13-22)23-2)12-21(29(20,27)28)16-7-9-18(10-8-16)24(25)26/h3-12H,1H3/b19-17-. The molecule has 0 unspecified atom stereocenters. The lowest BCUT2D eigenvalue weighted by Gasteiger charge is -2.18. The molecule has 1 heterocycles. The van der Waals surface area contributed by atoms with E-state index in [1.165, 1.54) is 36.4 Å². The molecular formula is C21H13N3O4S. The van der Waals surface area contributed by atoms with Gasteiger partial charge in [0, 0.05) is 12.1 Å². The van der Waals surface area contributed by atoms with Crippen molar-refractivity contribution in [2.45, 2.75) is 6.92 Å². The Hall–Kier alpha value is -4.01. The summed E-state index contributed by atoms with van der Waals surface area (Å²) in [6.07, 6.45) is 2.57. The van der Waals surface area contributed by atoms with E-state index in [2.05, 4.69) is 4.85 Å². The van der Waals surface area contributed by atoms with Crippen molar-refractivity contribution < 1.29 is 13.3 Å². The van der Waals surface area contributed by atoms with Gasteiger partial charge in [0.05, 0.1) is 27.4 Å². The molecule has 0 amide bonds. The van der Waals surface area contributed by atoms with Crippen LogP contribution in [-0.2, 0) is 9.84 Å². The van der Waals surface area contributed by atoms with Crippen LogP contribution in [0.25, 0.3) is 14.7 Å². The van der Waals surface area contributed by atoms with Crippen LogP contribution in [0.4, 0.5) is 5.69 Å². The Morgan fingerprint density at radius 2 is 1.52 bits per heavy atom. The van der Waals surface area contributed by atoms with Crippen LogP contribution >= 0.6 is 0 Å². The van der Waals surface area contributed by atoms with Crippen LogP contribution in [-0.4, -0.2) is 13.3 Å². The summed E-state index contributed by atoms with van der Waals surface area (Å²) in [5.74, 6) is 0.